The smallest absolute Gasteiger partial charge is 0.130 e. The van der Waals surface area contributed by atoms with Gasteiger partial charge in [0, 0.05) is 20.3 Å². The van der Waals surface area contributed by atoms with Crippen LogP contribution in [0, 0.1) is 11.2 Å². The molecule has 1 rings (SSSR count). The number of nitrogens with two attached hydrogens (primary N) is 1. The number of nitrogens with one attached hydrogen (secondary N) is 1. The molecule has 0 saturated carbocycles. The zero-order chi connectivity index (χ0) is 14.1. The summed E-state index contributed by atoms with van der Waals surface area (Å²) in [6.45, 7) is 1.99. The molecule has 1 aromatic rings. The minimum absolute atomic E-state index is 0.226. The lowest BCUT2D eigenvalue weighted by molar-refractivity contribution is 0.0806. The molecule has 0 aliphatic heterocycles. The number of hydrogen-bond acceptors (Lipinski definition) is 4. The van der Waals surface area contributed by atoms with Crippen LogP contribution in [0.3, 0.4) is 0 Å². The second-order valence-electron chi connectivity index (χ2n) is 3.86. The van der Waals surface area contributed by atoms with Gasteiger partial charge in [-0.15, -0.1) is 0 Å². The first-order chi connectivity index (χ1) is 9.15. The molecule has 0 heterocycles. The zero-order valence-corrected chi connectivity index (χ0v) is 10.9. The summed E-state index contributed by atoms with van der Waals surface area (Å²) < 4.78 is 28.6. The summed E-state index contributed by atoms with van der Waals surface area (Å²) in [6.07, 6.45) is 0.825. The fraction of sp³-hybridized carbons (Fsp3) is 0.462. The van der Waals surface area contributed by atoms with Gasteiger partial charge >= 0.3 is 0 Å². The van der Waals surface area contributed by atoms with Gasteiger partial charge in [-0.05, 0) is 24.6 Å². The lowest BCUT2D eigenvalue weighted by atomic mass is 10.2. The summed E-state index contributed by atoms with van der Waals surface area (Å²) in [5, 5.41) is 7.35. The molecule has 0 amide bonds. The first kappa shape index (κ1) is 15.4. The number of amidine groups is 1. The van der Waals surface area contributed by atoms with Crippen molar-refractivity contribution in [1.82, 2.24) is 0 Å². The molecule has 19 heavy (non-hydrogen) atoms. The van der Waals surface area contributed by atoms with Crippen molar-refractivity contribution in [2.45, 2.75) is 6.42 Å². The van der Waals surface area contributed by atoms with Crippen LogP contribution in [0.25, 0.3) is 0 Å². The summed E-state index contributed by atoms with van der Waals surface area (Å²) in [7, 11) is 1.64. The Kier molecular flexibility index (Phi) is 6.84. The van der Waals surface area contributed by atoms with Crippen LogP contribution in [0.4, 0.5) is 4.39 Å². The number of hydrogen-bond donors (Lipinski definition) is 2. The van der Waals surface area contributed by atoms with Gasteiger partial charge in [0.15, 0.2) is 0 Å². The van der Waals surface area contributed by atoms with Crippen molar-refractivity contribution in [2.75, 3.05) is 33.5 Å². The molecule has 0 aliphatic carbocycles. The molecule has 0 unspecified atom stereocenters. The number of halogens is 1. The van der Waals surface area contributed by atoms with E-state index in [9.17, 15) is 4.39 Å². The van der Waals surface area contributed by atoms with Crippen molar-refractivity contribution in [3.05, 3.63) is 29.6 Å². The SMILES string of the molecule is COCCCOCCOc1ccc(F)cc1C(=N)N. The molecular weight excluding hydrogens is 251 g/mol. The quantitative estimate of drug-likeness (QED) is 0.405. The van der Waals surface area contributed by atoms with Gasteiger partial charge in [0.25, 0.3) is 0 Å². The Bertz CT molecular complexity index is 413. The molecule has 0 aliphatic rings. The minimum Gasteiger partial charge on any atom is -0.490 e. The molecule has 5 nitrogen and oxygen atoms in total. The van der Waals surface area contributed by atoms with E-state index in [2.05, 4.69) is 0 Å². The first-order valence-corrected chi connectivity index (χ1v) is 5.98. The van der Waals surface area contributed by atoms with E-state index in [0.717, 1.165) is 6.42 Å². The first-order valence-electron chi connectivity index (χ1n) is 5.98. The van der Waals surface area contributed by atoms with Crippen LogP contribution in [-0.2, 0) is 9.47 Å². The van der Waals surface area contributed by atoms with Crippen molar-refractivity contribution in [1.29, 1.82) is 5.41 Å². The third kappa shape index (κ3) is 5.67. The Morgan fingerprint density at radius 3 is 2.74 bits per heavy atom. The highest BCUT2D eigenvalue weighted by Crippen LogP contribution is 2.19. The zero-order valence-electron chi connectivity index (χ0n) is 10.9. The van der Waals surface area contributed by atoms with E-state index in [4.69, 9.17) is 25.4 Å². The van der Waals surface area contributed by atoms with E-state index >= 15 is 0 Å². The Balaban J connectivity index is 2.35. The third-order valence-electron chi connectivity index (χ3n) is 2.35. The van der Waals surface area contributed by atoms with Crippen LogP contribution in [0.5, 0.6) is 5.75 Å². The maximum Gasteiger partial charge on any atom is 0.130 e. The molecule has 0 aromatic heterocycles. The Hall–Kier alpha value is -1.66. The maximum absolute atomic E-state index is 13.0. The molecule has 106 valence electrons. The van der Waals surface area contributed by atoms with E-state index < -0.39 is 5.82 Å². The van der Waals surface area contributed by atoms with Gasteiger partial charge < -0.3 is 19.9 Å². The van der Waals surface area contributed by atoms with Crippen LogP contribution in [0.1, 0.15) is 12.0 Å². The predicted molar refractivity (Wildman–Crippen MR) is 70.2 cm³/mol. The summed E-state index contributed by atoms with van der Waals surface area (Å²) in [5.74, 6) is -0.293. The molecule has 0 spiro atoms. The standard InChI is InChI=1S/C13H19FN2O3/c1-17-5-2-6-18-7-8-19-12-4-3-10(14)9-11(12)13(15)16/h3-4,9H,2,5-8H2,1H3,(H3,15,16). The molecule has 0 saturated heterocycles. The van der Waals surface area contributed by atoms with E-state index in [1.165, 1.54) is 18.2 Å². The second kappa shape index (κ2) is 8.44. The average molecular weight is 270 g/mol. The lowest BCUT2D eigenvalue weighted by Gasteiger charge is -2.11. The molecule has 0 fully saturated rings. The lowest BCUT2D eigenvalue weighted by Crippen LogP contribution is -2.15. The van der Waals surface area contributed by atoms with Crippen molar-refractivity contribution >= 4 is 5.84 Å². The Morgan fingerprint density at radius 1 is 1.26 bits per heavy atom. The number of benzene rings is 1. The average Bonchev–Trinajstić information content (AvgIpc) is 2.39. The molecule has 0 atom stereocenters. The maximum atomic E-state index is 13.0. The predicted octanol–water partition coefficient (Wildman–Crippen LogP) is 1.54. The molecule has 3 N–H and O–H groups in total. The highest BCUT2D eigenvalue weighted by Gasteiger charge is 2.08. The fourth-order valence-corrected chi connectivity index (χ4v) is 1.46. The molecule has 0 radical (unpaired) electrons. The Labute approximate surface area is 112 Å². The van der Waals surface area contributed by atoms with Crippen LogP contribution >= 0.6 is 0 Å². The number of methoxy groups -OCH3 is 1. The van der Waals surface area contributed by atoms with Crippen molar-refractivity contribution in [3.63, 3.8) is 0 Å². The fourth-order valence-electron chi connectivity index (χ4n) is 1.46. The topological polar surface area (TPSA) is 77.6 Å². The number of rotatable bonds is 9. The van der Waals surface area contributed by atoms with Gasteiger partial charge in [0.2, 0.25) is 0 Å². The number of ether oxygens (including phenoxy) is 3. The van der Waals surface area contributed by atoms with Crippen LogP contribution in [-0.4, -0.2) is 39.4 Å². The van der Waals surface area contributed by atoms with Gasteiger partial charge in [-0.25, -0.2) is 4.39 Å². The highest BCUT2D eigenvalue weighted by atomic mass is 19.1. The summed E-state index contributed by atoms with van der Waals surface area (Å²) in [4.78, 5) is 0. The molecule has 6 heteroatoms. The van der Waals surface area contributed by atoms with E-state index in [-0.39, 0.29) is 11.4 Å². The second-order valence-corrected chi connectivity index (χ2v) is 3.86. The van der Waals surface area contributed by atoms with Gasteiger partial charge in [-0.2, -0.15) is 0 Å². The van der Waals surface area contributed by atoms with Crippen molar-refractivity contribution in [2.24, 2.45) is 5.73 Å². The van der Waals surface area contributed by atoms with Gasteiger partial charge in [0.1, 0.15) is 24.0 Å². The van der Waals surface area contributed by atoms with Gasteiger partial charge in [-0.1, -0.05) is 0 Å². The molecule has 1 aromatic carbocycles. The van der Waals surface area contributed by atoms with E-state index in [0.29, 0.717) is 32.2 Å². The number of nitrogen functional groups attached to an aromatic ring is 1. The van der Waals surface area contributed by atoms with Crippen LogP contribution in [0.2, 0.25) is 0 Å². The molecule has 0 bridgehead atoms. The van der Waals surface area contributed by atoms with Crippen LogP contribution in [0.15, 0.2) is 18.2 Å². The van der Waals surface area contributed by atoms with Gasteiger partial charge in [0.05, 0.1) is 12.2 Å². The van der Waals surface area contributed by atoms with Crippen molar-refractivity contribution < 1.29 is 18.6 Å². The Morgan fingerprint density at radius 2 is 2.05 bits per heavy atom. The van der Waals surface area contributed by atoms with E-state index in [1.807, 2.05) is 0 Å². The third-order valence-corrected chi connectivity index (χ3v) is 2.35. The molecular formula is C13H19FN2O3. The summed E-state index contributed by atoms with van der Waals surface area (Å²) in [5.41, 5.74) is 5.61. The summed E-state index contributed by atoms with van der Waals surface area (Å²) in [6, 6.07) is 3.90. The normalized spacial score (nSPS) is 10.4. The highest BCUT2D eigenvalue weighted by molar-refractivity contribution is 5.97. The van der Waals surface area contributed by atoms with E-state index in [1.54, 1.807) is 7.11 Å². The van der Waals surface area contributed by atoms with Crippen LogP contribution < -0.4 is 10.5 Å². The largest absolute Gasteiger partial charge is 0.490 e. The monoisotopic (exact) mass is 270 g/mol. The minimum atomic E-state index is -0.451. The van der Waals surface area contributed by atoms with Crippen molar-refractivity contribution in [3.8, 4) is 5.75 Å². The summed E-state index contributed by atoms with van der Waals surface area (Å²) >= 11 is 0. The van der Waals surface area contributed by atoms with Gasteiger partial charge in [-0.3, -0.25) is 5.41 Å².